The van der Waals surface area contributed by atoms with E-state index in [-0.39, 0.29) is 12.3 Å². The van der Waals surface area contributed by atoms with Crippen molar-refractivity contribution >= 4 is 5.97 Å². The fraction of sp³-hybridized carbons (Fsp3) is 0.533. The van der Waals surface area contributed by atoms with Gasteiger partial charge in [0.25, 0.3) is 0 Å². The largest absolute Gasteiger partial charge is 0.496 e. The summed E-state index contributed by atoms with van der Waals surface area (Å²) < 4.78 is 5.32. The Bertz CT molecular complexity index is 479. The number of aliphatic carboxylic acids is 1. The predicted molar refractivity (Wildman–Crippen MR) is 73.6 cm³/mol. The molecule has 0 fully saturated rings. The zero-order chi connectivity index (χ0) is 14.8. The van der Waals surface area contributed by atoms with Gasteiger partial charge in [-0.3, -0.25) is 0 Å². The molecule has 1 aromatic carbocycles. The number of carboxylic acids is 1. The molecule has 19 heavy (non-hydrogen) atoms. The molecule has 0 bridgehead atoms. The molecule has 0 saturated carbocycles. The van der Waals surface area contributed by atoms with Crippen LogP contribution < -0.4 is 4.74 Å². The highest BCUT2D eigenvalue weighted by molar-refractivity contribution is 5.80. The number of hydrogen-bond donors (Lipinski definition) is 2. The summed E-state index contributed by atoms with van der Waals surface area (Å²) in [5.74, 6) is -0.317. The smallest absolute Gasteiger partial charge is 0.340 e. The van der Waals surface area contributed by atoms with Crippen LogP contribution in [0.2, 0.25) is 0 Å². The van der Waals surface area contributed by atoms with Crippen LogP contribution in [0.5, 0.6) is 5.75 Å². The van der Waals surface area contributed by atoms with E-state index in [9.17, 15) is 15.0 Å². The van der Waals surface area contributed by atoms with Crippen LogP contribution in [0.3, 0.4) is 0 Å². The molecule has 2 N–H and O–H groups in total. The fourth-order valence-electron chi connectivity index (χ4n) is 2.23. The molecule has 0 spiro atoms. The number of carboxylic acid groups (broad SMARTS) is 1. The van der Waals surface area contributed by atoms with Gasteiger partial charge in [0.05, 0.1) is 7.11 Å². The summed E-state index contributed by atoms with van der Waals surface area (Å²) in [4.78, 5) is 11.4. The van der Waals surface area contributed by atoms with Crippen LogP contribution in [0.4, 0.5) is 0 Å². The third-order valence-corrected chi connectivity index (χ3v) is 3.51. The molecular formula is C15H22O4. The zero-order valence-electron chi connectivity index (χ0n) is 12.2. The second kappa shape index (κ2) is 5.61. The summed E-state index contributed by atoms with van der Waals surface area (Å²) in [6.07, 6.45) is 0.118. The number of methoxy groups -OCH3 is 1. The Balaban J connectivity index is 3.52. The highest BCUT2D eigenvalue weighted by atomic mass is 16.5. The number of hydrogen-bond acceptors (Lipinski definition) is 3. The lowest BCUT2D eigenvalue weighted by Gasteiger charge is -2.26. The molecule has 4 nitrogen and oxygen atoms in total. The minimum absolute atomic E-state index is 0.118. The molecule has 1 atom stereocenters. The summed E-state index contributed by atoms with van der Waals surface area (Å²) in [5.41, 5.74) is 0.205. The second-order valence-electron chi connectivity index (χ2n) is 5.08. The van der Waals surface area contributed by atoms with Crippen molar-refractivity contribution in [1.82, 2.24) is 0 Å². The first-order valence-electron chi connectivity index (χ1n) is 6.42. The number of aryl methyl sites for hydroxylation is 1. The van der Waals surface area contributed by atoms with Crippen molar-refractivity contribution < 1.29 is 19.7 Å². The Kier molecular flexibility index (Phi) is 4.58. The highest BCUT2D eigenvalue weighted by Crippen LogP contribution is 2.35. The van der Waals surface area contributed by atoms with E-state index in [2.05, 4.69) is 0 Å². The lowest BCUT2D eigenvalue weighted by molar-refractivity contribution is -0.160. The Morgan fingerprint density at radius 2 is 2.00 bits per heavy atom. The fourth-order valence-corrected chi connectivity index (χ4v) is 2.23. The summed E-state index contributed by atoms with van der Waals surface area (Å²) in [6.45, 7) is 7.45. The zero-order valence-corrected chi connectivity index (χ0v) is 12.2. The highest BCUT2D eigenvalue weighted by Gasteiger charge is 2.38. The van der Waals surface area contributed by atoms with Gasteiger partial charge >= 0.3 is 5.97 Å². The summed E-state index contributed by atoms with van der Waals surface area (Å²) >= 11 is 0. The quantitative estimate of drug-likeness (QED) is 0.860. The number of benzene rings is 1. The van der Waals surface area contributed by atoms with E-state index < -0.39 is 11.6 Å². The molecule has 0 aliphatic rings. The average molecular weight is 266 g/mol. The molecule has 0 amide bonds. The normalized spacial score (nSPS) is 14.3. The van der Waals surface area contributed by atoms with Gasteiger partial charge in [0.15, 0.2) is 5.60 Å². The van der Waals surface area contributed by atoms with Crippen LogP contribution in [0.1, 0.15) is 49.8 Å². The predicted octanol–water partition coefficient (Wildman–Crippen LogP) is 2.81. The molecule has 0 radical (unpaired) electrons. The van der Waals surface area contributed by atoms with Gasteiger partial charge in [-0.15, -0.1) is 0 Å². The Morgan fingerprint density at radius 1 is 1.42 bits per heavy atom. The minimum atomic E-state index is -1.85. The molecule has 4 heteroatoms. The van der Waals surface area contributed by atoms with Crippen LogP contribution >= 0.6 is 0 Å². The molecule has 1 unspecified atom stereocenters. The molecule has 0 aromatic heterocycles. The van der Waals surface area contributed by atoms with Gasteiger partial charge in [-0.05, 0) is 48.1 Å². The van der Waals surface area contributed by atoms with E-state index in [0.29, 0.717) is 11.1 Å². The van der Waals surface area contributed by atoms with Crippen molar-refractivity contribution in [3.05, 3.63) is 28.8 Å². The number of ether oxygens (including phenoxy) is 1. The Morgan fingerprint density at radius 3 is 2.37 bits per heavy atom. The lowest BCUT2D eigenvalue weighted by atomic mass is 9.85. The van der Waals surface area contributed by atoms with Crippen LogP contribution in [0.15, 0.2) is 12.1 Å². The first-order valence-corrected chi connectivity index (χ1v) is 6.42. The number of aliphatic hydroxyl groups is 1. The monoisotopic (exact) mass is 266 g/mol. The van der Waals surface area contributed by atoms with Crippen LogP contribution in [0.25, 0.3) is 0 Å². The van der Waals surface area contributed by atoms with Gasteiger partial charge in [0.2, 0.25) is 0 Å². The molecule has 1 rings (SSSR count). The number of rotatable bonds is 5. The van der Waals surface area contributed by atoms with Gasteiger partial charge in [-0.2, -0.15) is 0 Å². The molecule has 1 aromatic rings. The SMILES string of the molecule is CCC(O)(C(=O)O)c1cc(C(C)C)c(OC)cc1C. The second-order valence-corrected chi connectivity index (χ2v) is 5.08. The maximum atomic E-state index is 11.4. The molecule has 0 heterocycles. The van der Waals surface area contributed by atoms with Crippen molar-refractivity contribution in [1.29, 1.82) is 0 Å². The van der Waals surface area contributed by atoms with Gasteiger partial charge < -0.3 is 14.9 Å². The van der Waals surface area contributed by atoms with Crippen LogP contribution in [0, 0.1) is 6.92 Å². The van der Waals surface area contributed by atoms with Crippen molar-refractivity contribution in [2.75, 3.05) is 7.11 Å². The topological polar surface area (TPSA) is 66.8 Å². The minimum Gasteiger partial charge on any atom is -0.496 e. The van der Waals surface area contributed by atoms with Crippen LogP contribution in [-0.2, 0) is 10.4 Å². The molecule has 0 saturated heterocycles. The van der Waals surface area contributed by atoms with Crippen molar-refractivity contribution in [2.24, 2.45) is 0 Å². The van der Waals surface area contributed by atoms with Gasteiger partial charge in [0, 0.05) is 0 Å². The average Bonchev–Trinajstić information content (AvgIpc) is 2.36. The van der Waals surface area contributed by atoms with E-state index in [4.69, 9.17) is 4.74 Å². The third-order valence-electron chi connectivity index (χ3n) is 3.51. The number of carbonyl (C=O) groups is 1. The lowest BCUT2D eigenvalue weighted by Crippen LogP contribution is -2.35. The van der Waals surface area contributed by atoms with Crippen molar-refractivity contribution in [3.8, 4) is 5.75 Å². The first-order chi connectivity index (χ1) is 8.77. The molecule has 0 aliphatic carbocycles. The summed E-state index contributed by atoms with van der Waals surface area (Å²) in [7, 11) is 1.59. The van der Waals surface area contributed by atoms with Crippen molar-refractivity contribution in [3.63, 3.8) is 0 Å². The maximum Gasteiger partial charge on any atom is 0.340 e. The van der Waals surface area contributed by atoms with Gasteiger partial charge in [0.1, 0.15) is 5.75 Å². The third kappa shape index (κ3) is 2.73. The first kappa shape index (κ1) is 15.5. The van der Waals surface area contributed by atoms with E-state index >= 15 is 0 Å². The van der Waals surface area contributed by atoms with Crippen LogP contribution in [-0.4, -0.2) is 23.3 Å². The van der Waals surface area contributed by atoms with E-state index in [0.717, 1.165) is 11.3 Å². The summed E-state index contributed by atoms with van der Waals surface area (Å²) in [5, 5.41) is 19.7. The van der Waals surface area contributed by atoms with Crippen molar-refractivity contribution in [2.45, 2.75) is 45.6 Å². The van der Waals surface area contributed by atoms with E-state index in [1.807, 2.05) is 13.8 Å². The van der Waals surface area contributed by atoms with E-state index in [1.54, 1.807) is 33.1 Å². The Labute approximate surface area is 114 Å². The molecule has 0 aliphatic heterocycles. The van der Waals surface area contributed by atoms with E-state index in [1.165, 1.54) is 0 Å². The molecule has 106 valence electrons. The van der Waals surface area contributed by atoms with Gasteiger partial charge in [-0.25, -0.2) is 4.79 Å². The molecular weight excluding hydrogens is 244 g/mol. The van der Waals surface area contributed by atoms with Gasteiger partial charge in [-0.1, -0.05) is 20.8 Å². The Hall–Kier alpha value is -1.55. The summed E-state index contributed by atoms with van der Waals surface area (Å²) in [6, 6.07) is 3.53. The maximum absolute atomic E-state index is 11.4. The standard InChI is InChI=1S/C15H22O4/c1-6-15(18,14(16)17)12-8-11(9(2)3)13(19-5)7-10(12)4/h7-9,18H,6H2,1-5H3,(H,16,17).